The topological polar surface area (TPSA) is 58.6 Å². The van der Waals surface area contributed by atoms with Gasteiger partial charge in [-0.15, -0.1) is 0 Å². The molecule has 0 bridgehead atoms. The van der Waals surface area contributed by atoms with Crippen LogP contribution in [0.5, 0.6) is 0 Å². The van der Waals surface area contributed by atoms with Crippen molar-refractivity contribution in [3.63, 3.8) is 0 Å². The molecule has 4 nitrogen and oxygen atoms in total. The molecule has 0 aliphatic carbocycles. The summed E-state index contributed by atoms with van der Waals surface area (Å²) in [6, 6.07) is -0.391. The summed E-state index contributed by atoms with van der Waals surface area (Å²) in [5.41, 5.74) is 0. The standard InChI is InChI=1S/C11H21NO3S/c1-2-12-10(11(13)14)5-8-16-9-3-6-15-7-4-9/h9-10,12H,2-8H2,1H3,(H,13,14). The molecule has 1 saturated heterocycles. The molecule has 1 fully saturated rings. The third kappa shape index (κ3) is 5.18. The van der Waals surface area contributed by atoms with Crippen LogP contribution in [0.1, 0.15) is 26.2 Å². The molecule has 0 radical (unpaired) electrons. The second-order valence-corrected chi connectivity index (χ2v) is 5.33. The van der Waals surface area contributed by atoms with Crippen LogP contribution >= 0.6 is 11.8 Å². The van der Waals surface area contributed by atoms with E-state index in [1.165, 1.54) is 0 Å². The van der Waals surface area contributed by atoms with Crippen LogP contribution in [0, 0.1) is 0 Å². The molecule has 1 atom stereocenters. The van der Waals surface area contributed by atoms with Gasteiger partial charge < -0.3 is 15.2 Å². The fraction of sp³-hybridized carbons (Fsp3) is 0.909. The number of hydrogen-bond acceptors (Lipinski definition) is 4. The molecular weight excluding hydrogens is 226 g/mol. The molecule has 1 aliphatic heterocycles. The highest BCUT2D eigenvalue weighted by Gasteiger charge is 2.18. The summed E-state index contributed by atoms with van der Waals surface area (Å²) in [5.74, 6) is 0.170. The average molecular weight is 247 g/mol. The van der Waals surface area contributed by atoms with E-state index in [1.807, 2.05) is 18.7 Å². The zero-order valence-corrected chi connectivity index (χ0v) is 10.6. The SMILES string of the molecule is CCNC(CCSC1CCOCC1)C(=O)O. The second kappa shape index (κ2) is 7.92. The largest absolute Gasteiger partial charge is 0.480 e. The van der Waals surface area contributed by atoms with Crippen LogP contribution in [0.3, 0.4) is 0 Å². The van der Waals surface area contributed by atoms with Crippen molar-refractivity contribution in [1.82, 2.24) is 5.32 Å². The van der Waals surface area contributed by atoms with E-state index in [0.29, 0.717) is 18.2 Å². The van der Waals surface area contributed by atoms with Crippen LogP contribution in [-0.4, -0.2) is 47.9 Å². The normalized spacial score (nSPS) is 19.6. The highest BCUT2D eigenvalue weighted by molar-refractivity contribution is 7.99. The second-order valence-electron chi connectivity index (χ2n) is 3.92. The van der Waals surface area contributed by atoms with E-state index in [-0.39, 0.29) is 0 Å². The van der Waals surface area contributed by atoms with Gasteiger partial charge in [-0.3, -0.25) is 4.79 Å². The van der Waals surface area contributed by atoms with Crippen LogP contribution in [0.4, 0.5) is 0 Å². The summed E-state index contributed by atoms with van der Waals surface area (Å²) in [6.07, 6.45) is 2.90. The van der Waals surface area contributed by atoms with Crippen LogP contribution in [0.2, 0.25) is 0 Å². The number of aliphatic carboxylic acids is 1. The lowest BCUT2D eigenvalue weighted by Crippen LogP contribution is -2.37. The molecule has 0 aromatic rings. The number of carbonyl (C=O) groups is 1. The Morgan fingerprint density at radius 1 is 1.56 bits per heavy atom. The van der Waals surface area contributed by atoms with Gasteiger partial charge >= 0.3 is 5.97 Å². The summed E-state index contributed by atoms with van der Waals surface area (Å²) in [6.45, 7) is 4.35. The predicted octanol–water partition coefficient (Wildman–Crippen LogP) is 1.35. The summed E-state index contributed by atoms with van der Waals surface area (Å²) >= 11 is 1.89. The van der Waals surface area contributed by atoms with Gasteiger partial charge in [0.15, 0.2) is 0 Å². The molecule has 1 rings (SSSR count). The summed E-state index contributed by atoms with van der Waals surface area (Å²) in [4.78, 5) is 10.9. The fourth-order valence-corrected chi connectivity index (χ4v) is 2.99. The number of likely N-dealkylation sites (N-methyl/N-ethyl adjacent to an activating group) is 1. The first kappa shape index (κ1) is 13.8. The molecule has 0 aromatic heterocycles. The Morgan fingerprint density at radius 3 is 2.81 bits per heavy atom. The van der Waals surface area contributed by atoms with E-state index in [1.54, 1.807) is 0 Å². The van der Waals surface area contributed by atoms with Gasteiger partial charge in [0.1, 0.15) is 6.04 Å². The van der Waals surface area contributed by atoms with Crippen molar-refractivity contribution < 1.29 is 14.6 Å². The van der Waals surface area contributed by atoms with Crippen molar-refractivity contribution >= 4 is 17.7 Å². The van der Waals surface area contributed by atoms with Gasteiger partial charge in [0, 0.05) is 18.5 Å². The molecule has 0 spiro atoms. The minimum Gasteiger partial charge on any atom is -0.480 e. The van der Waals surface area contributed by atoms with E-state index in [2.05, 4.69) is 5.32 Å². The van der Waals surface area contributed by atoms with E-state index in [9.17, 15) is 4.79 Å². The smallest absolute Gasteiger partial charge is 0.320 e. The first-order valence-corrected chi connectivity index (χ1v) is 6.94. The van der Waals surface area contributed by atoms with E-state index in [0.717, 1.165) is 31.8 Å². The van der Waals surface area contributed by atoms with Crippen LogP contribution < -0.4 is 5.32 Å². The van der Waals surface area contributed by atoms with Gasteiger partial charge in [-0.05, 0) is 31.6 Å². The molecule has 0 aromatic carbocycles. The van der Waals surface area contributed by atoms with Gasteiger partial charge in [-0.2, -0.15) is 11.8 Å². The van der Waals surface area contributed by atoms with E-state index in [4.69, 9.17) is 9.84 Å². The Balaban J connectivity index is 2.13. The van der Waals surface area contributed by atoms with Crippen LogP contribution in [-0.2, 0) is 9.53 Å². The maximum absolute atomic E-state index is 10.9. The lowest BCUT2D eigenvalue weighted by atomic mass is 10.2. The average Bonchev–Trinajstić information content (AvgIpc) is 2.29. The zero-order valence-electron chi connectivity index (χ0n) is 9.78. The first-order valence-electron chi connectivity index (χ1n) is 5.89. The molecule has 0 amide bonds. The van der Waals surface area contributed by atoms with Gasteiger partial charge in [0.25, 0.3) is 0 Å². The molecule has 16 heavy (non-hydrogen) atoms. The van der Waals surface area contributed by atoms with Crippen LogP contribution in [0.15, 0.2) is 0 Å². The number of hydrogen-bond donors (Lipinski definition) is 2. The number of rotatable bonds is 7. The third-order valence-electron chi connectivity index (χ3n) is 2.68. The van der Waals surface area contributed by atoms with Gasteiger partial charge in [-0.1, -0.05) is 6.92 Å². The molecule has 2 N–H and O–H groups in total. The Bertz CT molecular complexity index is 207. The number of thioether (sulfide) groups is 1. The Morgan fingerprint density at radius 2 is 2.25 bits per heavy atom. The van der Waals surface area contributed by atoms with Crippen molar-refractivity contribution in [2.45, 2.75) is 37.5 Å². The third-order valence-corrected chi connectivity index (χ3v) is 4.09. The molecular formula is C11H21NO3S. The molecule has 94 valence electrons. The molecule has 5 heteroatoms. The lowest BCUT2D eigenvalue weighted by molar-refractivity contribution is -0.139. The summed E-state index contributed by atoms with van der Waals surface area (Å²) < 4.78 is 5.28. The van der Waals surface area contributed by atoms with E-state index >= 15 is 0 Å². The van der Waals surface area contributed by atoms with Crippen molar-refractivity contribution in [1.29, 1.82) is 0 Å². The van der Waals surface area contributed by atoms with Crippen molar-refractivity contribution in [3.05, 3.63) is 0 Å². The van der Waals surface area contributed by atoms with Crippen molar-refractivity contribution in [2.24, 2.45) is 0 Å². The highest BCUT2D eigenvalue weighted by atomic mass is 32.2. The molecule has 1 unspecified atom stereocenters. The number of nitrogens with one attached hydrogen (secondary N) is 1. The summed E-state index contributed by atoms with van der Waals surface area (Å²) in [7, 11) is 0. The molecule has 1 aliphatic rings. The zero-order chi connectivity index (χ0) is 11.8. The Hall–Kier alpha value is -0.260. The van der Waals surface area contributed by atoms with Crippen LogP contribution in [0.25, 0.3) is 0 Å². The molecule has 1 heterocycles. The van der Waals surface area contributed by atoms with E-state index < -0.39 is 12.0 Å². The fourth-order valence-electron chi connectivity index (χ4n) is 1.75. The predicted molar refractivity (Wildman–Crippen MR) is 66.0 cm³/mol. The minimum absolute atomic E-state index is 0.391. The lowest BCUT2D eigenvalue weighted by Gasteiger charge is -2.22. The highest BCUT2D eigenvalue weighted by Crippen LogP contribution is 2.22. The quantitative estimate of drug-likeness (QED) is 0.711. The van der Waals surface area contributed by atoms with Gasteiger partial charge in [0.2, 0.25) is 0 Å². The van der Waals surface area contributed by atoms with Gasteiger partial charge in [0.05, 0.1) is 0 Å². The summed E-state index contributed by atoms with van der Waals surface area (Å²) in [5, 5.41) is 12.6. The Labute approximate surface area is 101 Å². The Kier molecular flexibility index (Phi) is 6.84. The first-order chi connectivity index (χ1) is 7.74. The maximum Gasteiger partial charge on any atom is 0.320 e. The molecule has 0 saturated carbocycles. The monoisotopic (exact) mass is 247 g/mol. The van der Waals surface area contributed by atoms with Crippen molar-refractivity contribution in [2.75, 3.05) is 25.5 Å². The minimum atomic E-state index is -0.741. The van der Waals surface area contributed by atoms with Gasteiger partial charge in [-0.25, -0.2) is 0 Å². The van der Waals surface area contributed by atoms with Crippen molar-refractivity contribution in [3.8, 4) is 0 Å². The number of carboxylic acid groups (broad SMARTS) is 1. The number of carboxylic acids is 1. The maximum atomic E-state index is 10.9. The number of ether oxygens (including phenoxy) is 1.